The van der Waals surface area contributed by atoms with Gasteiger partial charge in [-0.1, -0.05) is 39.3 Å². The van der Waals surface area contributed by atoms with Gasteiger partial charge in [-0.15, -0.1) is 0 Å². The molecule has 1 saturated carbocycles. The van der Waals surface area contributed by atoms with Gasteiger partial charge in [-0.3, -0.25) is 4.79 Å². The highest BCUT2D eigenvalue weighted by Gasteiger charge is 2.49. The van der Waals surface area contributed by atoms with Crippen molar-refractivity contribution in [2.24, 2.45) is 17.8 Å². The summed E-state index contributed by atoms with van der Waals surface area (Å²) in [5.74, 6) is 0.927. The Morgan fingerprint density at radius 3 is 2.43 bits per heavy atom. The number of hydrogen-bond acceptors (Lipinski definition) is 4. The van der Waals surface area contributed by atoms with Crippen molar-refractivity contribution in [1.29, 1.82) is 0 Å². The minimum Gasteiger partial charge on any atom is -0.370 e. The Morgan fingerprint density at radius 2 is 1.86 bits per heavy atom. The number of amides is 1. The van der Waals surface area contributed by atoms with E-state index in [2.05, 4.69) is 19.2 Å². The number of sulfone groups is 1. The molecule has 1 aromatic carbocycles. The predicted molar refractivity (Wildman–Crippen MR) is 110 cm³/mol. The number of nitrogens with one attached hydrogen (secondary N) is 1. The fourth-order valence-corrected chi connectivity index (χ4v) is 5.33. The van der Waals surface area contributed by atoms with Gasteiger partial charge in [0.1, 0.15) is 0 Å². The lowest BCUT2D eigenvalue weighted by atomic mass is 9.66. The summed E-state index contributed by atoms with van der Waals surface area (Å²) in [5.41, 5.74) is 0.638. The molecule has 0 radical (unpaired) electrons. The minimum atomic E-state index is -3.22. The van der Waals surface area contributed by atoms with Gasteiger partial charge in [-0.05, 0) is 43.4 Å². The third kappa shape index (κ3) is 4.43. The van der Waals surface area contributed by atoms with Crippen LogP contribution in [-0.4, -0.2) is 32.2 Å². The quantitative estimate of drug-likeness (QED) is 0.822. The molecular weight excluding hydrogens is 374 g/mol. The van der Waals surface area contributed by atoms with E-state index in [0.717, 1.165) is 24.8 Å². The Bertz CT molecular complexity index is 817. The van der Waals surface area contributed by atoms with Gasteiger partial charge >= 0.3 is 0 Å². The zero-order chi connectivity index (χ0) is 20.7. The molecule has 0 spiro atoms. The topological polar surface area (TPSA) is 72.5 Å². The van der Waals surface area contributed by atoms with E-state index >= 15 is 0 Å². The second-order valence-electron chi connectivity index (χ2n) is 9.29. The number of hydrogen-bond donors (Lipinski definition) is 1. The van der Waals surface area contributed by atoms with Crippen molar-refractivity contribution >= 4 is 15.7 Å². The molecule has 1 N–H and O–H groups in total. The number of fused-ring (bicyclic) bond motifs is 1. The lowest BCUT2D eigenvalue weighted by Crippen LogP contribution is -2.61. The van der Waals surface area contributed by atoms with Crippen LogP contribution in [0.3, 0.4) is 0 Å². The molecular formula is C22H33NO4S. The van der Waals surface area contributed by atoms with E-state index in [1.807, 2.05) is 26.0 Å². The summed E-state index contributed by atoms with van der Waals surface area (Å²) in [6.07, 6.45) is 5.07. The predicted octanol–water partition coefficient (Wildman–Crippen LogP) is 3.89. The van der Waals surface area contributed by atoms with Crippen LogP contribution in [0.4, 0.5) is 0 Å². The molecule has 28 heavy (non-hydrogen) atoms. The van der Waals surface area contributed by atoms with Crippen molar-refractivity contribution in [1.82, 2.24) is 5.32 Å². The summed E-state index contributed by atoms with van der Waals surface area (Å²) < 4.78 is 30.0. The lowest BCUT2D eigenvalue weighted by Gasteiger charge is -2.52. The highest BCUT2D eigenvalue weighted by molar-refractivity contribution is 7.90. The van der Waals surface area contributed by atoms with Crippen LogP contribution in [0, 0.1) is 17.8 Å². The fourth-order valence-electron chi connectivity index (χ4n) is 4.70. The van der Waals surface area contributed by atoms with E-state index in [1.54, 1.807) is 12.1 Å². The Balaban J connectivity index is 1.89. The van der Waals surface area contributed by atoms with Gasteiger partial charge in [0.2, 0.25) is 5.91 Å². The van der Waals surface area contributed by atoms with Crippen LogP contribution in [-0.2, 0) is 19.4 Å². The third-order valence-electron chi connectivity index (χ3n) is 6.43. The Kier molecular flexibility index (Phi) is 5.93. The van der Waals surface area contributed by atoms with Crippen molar-refractivity contribution in [3.05, 3.63) is 29.8 Å². The molecule has 5 atom stereocenters. The molecule has 1 amide bonds. The summed E-state index contributed by atoms with van der Waals surface area (Å²) in [5, 5.41) is 3.33. The van der Waals surface area contributed by atoms with Gasteiger partial charge in [-0.2, -0.15) is 0 Å². The molecule has 3 rings (SSSR count). The monoisotopic (exact) mass is 407 g/mol. The average Bonchev–Trinajstić information content (AvgIpc) is 2.60. The molecule has 156 valence electrons. The molecule has 1 heterocycles. The zero-order valence-electron chi connectivity index (χ0n) is 17.6. The Labute approximate surface area is 169 Å². The van der Waals surface area contributed by atoms with Crippen LogP contribution in [0.1, 0.15) is 65.0 Å². The molecule has 2 aliphatic rings. The maximum atomic E-state index is 12.5. The van der Waals surface area contributed by atoms with Crippen molar-refractivity contribution < 1.29 is 17.9 Å². The molecule has 0 bridgehead atoms. The number of rotatable bonds is 4. The highest BCUT2D eigenvalue weighted by atomic mass is 32.2. The smallest absolute Gasteiger partial charge is 0.222 e. The fraction of sp³-hybridized carbons (Fsp3) is 0.682. The summed E-state index contributed by atoms with van der Waals surface area (Å²) in [6, 6.07) is 6.98. The molecule has 0 aromatic heterocycles. The summed E-state index contributed by atoms with van der Waals surface area (Å²) in [6.45, 7) is 8.25. The largest absolute Gasteiger partial charge is 0.370 e. The van der Waals surface area contributed by atoms with Crippen LogP contribution in [0.5, 0.6) is 0 Å². The van der Waals surface area contributed by atoms with Crippen LogP contribution >= 0.6 is 0 Å². The maximum Gasteiger partial charge on any atom is 0.222 e. The van der Waals surface area contributed by atoms with E-state index < -0.39 is 9.84 Å². The molecule has 1 aliphatic heterocycles. The number of carbonyl (C=O) groups is 1. The normalized spacial score (nSPS) is 33.4. The van der Waals surface area contributed by atoms with Gasteiger partial charge in [0.05, 0.1) is 17.1 Å². The van der Waals surface area contributed by atoms with E-state index in [4.69, 9.17) is 4.74 Å². The minimum absolute atomic E-state index is 0.0619. The second-order valence-corrected chi connectivity index (χ2v) is 11.3. The first-order chi connectivity index (χ1) is 13.0. The number of ether oxygens (including phenoxy) is 1. The number of benzene rings is 1. The van der Waals surface area contributed by atoms with Crippen molar-refractivity contribution in [3.63, 3.8) is 0 Å². The molecule has 6 heteroatoms. The van der Waals surface area contributed by atoms with Crippen molar-refractivity contribution in [2.75, 3.05) is 6.26 Å². The molecule has 5 nitrogen and oxygen atoms in total. The second kappa shape index (κ2) is 7.79. The van der Waals surface area contributed by atoms with Gasteiger partial charge in [0.15, 0.2) is 9.84 Å². The molecule has 0 unspecified atom stereocenters. The van der Waals surface area contributed by atoms with E-state index in [0.29, 0.717) is 23.2 Å². The Morgan fingerprint density at radius 1 is 1.21 bits per heavy atom. The highest BCUT2D eigenvalue weighted by Crippen LogP contribution is 2.48. The molecule has 2 fully saturated rings. The van der Waals surface area contributed by atoms with E-state index in [9.17, 15) is 13.2 Å². The Hall–Kier alpha value is -1.40. The maximum absolute atomic E-state index is 12.5. The summed E-state index contributed by atoms with van der Waals surface area (Å²) in [4.78, 5) is 12.8. The molecule has 1 aromatic rings. The standard InChI is InChI=1S/C22H33NO4S/c1-14(2)21(24)23-22(4)13-20(27-19-12-15(3)6-11-18(19)22)16-7-9-17(10-8-16)28(5,25)26/h7-10,14-15,18-20H,6,11-13H2,1-5H3,(H,23,24)/t15-,18-,19-,20-,22-/m1/s1. The van der Waals surface area contributed by atoms with Crippen LogP contribution in [0.25, 0.3) is 0 Å². The van der Waals surface area contributed by atoms with Crippen molar-refractivity contribution in [2.45, 2.75) is 76.0 Å². The van der Waals surface area contributed by atoms with E-state index in [-0.39, 0.29) is 29.6 Å². The average molecular weight is 408 g/mol. The SMILES string of the molecule is CC(C)C(=O)N[C@]1(C)C[C@H](c2ccc(S(C)(=O)=O)cc2)O[C@@H]2C[C@H](C)CC[C@H]21. The van der Waals surface area contributed by atoms with Crippen LogP contribution < -0.4 is 5.32 Å². The van der Waals surface area contributed by atoms with Gasteiger partial charge in [0, 0.05) is 30.1 Å². The number of carbonyl (C=O) groups excluding carboxylic acids is 1. The van der Waals surface area contributed by atoms with Gasteiger partial charge in [-0.25, -0.2) is 8.42 Å². The zero-order valence-corrected chi connectivity index (χ0v) is 18.4. The molecule has 1 saturated heterocycles. The van der Waals surface area contributed by atoms with Crippen LogP contribution in [0.2, 0.25) is 0 Å². The van der Waals surface area contributed by atoms with Gasteiger partial charge < -0.3 is 10.1 Å². The first-order valence-corrected chi connectivity index (χ1v) is 12.2. The molecule has 1 aliphatic carbocycles. The first-order valence-electron chi connectivity index (χ1n) is 10.3. The summed E-state index contributed by atoms with van der Waals surface area (Å²) >= 11 is 0. The third-order valence-corrected chi connectivity index (χ3v) is 7.56. The first kappa shape index (κ1) is 21.3. The van der Waals surface area contributed by atoms with Crippen molar-refractivity contribution in [3.8, 4) is 0 Å². The summed E-state index contributed by atoms with van der Waals surface area (Å²) in [7, 11) is -3.22. The van der Waals surface area contributed by atoms with Gasteiger partial charge in [0.25, 0.3) is 0 Å². The lowest BCUT2D eigenvalue weighted by molar-refractivity contribution is -0.155. The van der Waals surface area contributed by atoms with E-state index in [1.165, 1.54) is 6.26 Å². The van der Waals surface area contributed by atoms with Crippen LogP contribution in [0.15, 0.2) is 29.2 Å².